The van der Waals surface area contributed by atoms with E-state index in [1.807, 2.05) is 36.1 Å². The number of amides is 2. The van der Waals surface area contributed by atoms with E-state index in [4.69, 9.17) is 9.47 Å². The number of piperidine rings is 1. The maximum Gasteiger partial charge on any atom is 0.308 e. The fraction of sp³-hybridized carbons (Fsp3) is 0.375. The van der Waals surface area contributed by atoms with Gasteiger partial charge < -0.3 is 19.7 Å². The van der Waals surface area contributed by atoms with Gasteiger partial charge in [0.2, 0.25) is 5.91 Å². The summed E-state index contributed by atoms with van der Waals surface area (Å²) < 4.78 is 10.5. The first-order valence-electron chi connectivity index (χ1n) is 10.5. The standard InChI is InChI=1S/C24H28N2O5/c1-3-30-21-9-7-18(8-10-21)15-23(28)26-13-11-20(12-14-26)25-24(29)19-5-4-6-22(16-19)31-17(2)27/h4-10,16,20H,3,11-15H2,1-2H3,(H,25,29). The van der Waals surface area contributed by atoms with Crippen molar-refractivity contribution in [3.05, 3.63) is 59.7 Å². The van der Waals surface area contributed by atoms with Gasteiger partial charge in [-0.25, -0.2) is 0 Å². The van der Waals surface area contributed by atoms with E-state index in [-0.39, 0.29) is 17.9 Å². The number of esters is 1. The van der Waals surface area contributed by atoms with E-state index in [1.165, 1.54) is 6.92 Å². The molecule has 0 bridgehead atoms. The van der Waals surface area contributed by atoms with Crippen LogP contribution in [0.5, 0.6) is 11.5 Å². The lowest BCUT2D eigenvalue weighted by Crippen LogP contribution is -2.47. The van der Waals surface area contributed by atoms with Crippen LogP contribution in [0.3, 0.4) is 0 Å². The third kappa shape index (κ3) is 6.57. The zero-order valence-corrected chi connectivity index (χ0v) is 17.9. The summed E-state index contributed by atoms with van der Waals surface area (Å²) in [5.74, 6) is 0.583. The van der Waals surface area contributed by atoms with Crippen LogP contribution in [0.1, 0.15) is 42.6 Å². The van der Waals surface area contributed by atoms with E-state index in [0.717, 1.165) is 11.3 Å². The van der Waals surface area contributed by atoms with Crippen molar-refractivity contribution in [2.24, 2.45) is 0 Å². The molecule has 1 N–H and O–H groups in total. The van der Waals surface area contributed by atoms with Crippen LogP contribution in [-0.2, 0) is 16.0 Å². The number of likely N-dealkylation sites (tertiary alicyclic amines) is 1. The second-order valence-electron chi connectivity index (χ2n) is 7.50. The van der Waals surface area contributed by atoms with Crippen LogP contribution in [-0.4, -0.2) is 48.4 Å². The Morgan fingerprint density at radius 2 is 1.74 bits per heavy atom. The first-order valence-corrected chi connectivity index (χ1v) is 10.5. The Bertz CT molecular complexity index is 918. The zero-order valence-electron chi connectivity index (χ0n) is 17.9. The molecule has 2 aromatic rings. The predicted molar refractivity (Wildman–Crippen MR) is 116 cm³/mol. The molecule has 7 heteroatoms. The quantitative estimate of drug-likeness (QED) is 0.546. The van der Waals surface area contributed by atoms with Crippen molar-refractivity contribution in [3.63, 3.8) is 0 Å². The highest BCUT2D eigenvalue weighted by atomic mass is 16.5. The Morgan fingerprint density at radius 1 is 1.03 bits per heavy atom. The summed E-state index contributed by atoms with van der Waals surface area (Å²) in [7, 11) is 0. The van der Waals surface area contributed by atoms with Gasteiger partial charge in [0.25, 0.3) is 5.91 Å². The van der Waals surface area contributed by atoms with Crippen molar-refractivity contribution in [1.82, 2.24) is 10.2 Å². The van der Waals surface area contributed by atoms with Crippen molar-refractivity contribution in [1.29, 1.82) is 0 Å². The minimum atomic E-state index is -0.431. The minimum absolute atomic E-state index is 0.000548. The summed E-state index contributed by atoms with van der Waals surface area (Å²) in [5.41, 5.74) is 1.39. The van der Waals surface area contributed by atoms with E-state index in [2.05, 4.69) is 5.32 Å². The molecule has 1 saturated heterocycles. The summed E-state index contributed by atoms with van der Waals surface area (Å²) >= 11 is 0. The molecule has 1 heterocycles. The number of hydrogen-bond donors (Lipinski definition) is 1. The largest absolute Gasteiger partial charge is 0.494 e. The van der Waals surface area contributed by atoms with E-state index in [1.54, 1.807) is 24.3 Å². The van der Waals surface area contributed by atoms with Crippen LogP contribution in [0.15, 0.2) is 48.5 Å². The number of carbonyl (C=O) groups excluding carboxylic acids is 3. The van der Waals surface area contributed by atoms with Crippen molar-refractivity contribution >= 4 is 17.8 Å². The van der Waals surface area contributed by atoms with Crippen LogP contribution < -0.4 is 14.8 Å². The second kappa shape index (κ2) is 10.6. The second-order valence-corrected chi connectivity index (χ2v) is 7.50. The zero-order chi connectivity index (χ0) is 22.2. The number of benzene rings is 2. The smallest absolute Gasteiger partial charge is 0.308 e. The Balaban J connectivity index is 1.47. The van der Waals surface area contributed by atoms with Crippen molar-refractivity contribution in [3.8, 4) is 11.5 Å². The molecule has 0 saturated carbocycles. The lowest BCUT2D eigenvalue weighted by molar-refractivity contribution is -0.132. The fourth-order valence-electron chi connectivity index (χ4n) is 3.57. The SMILES string of the molecule is CCOc1ccc(CC(=O)N2CCC(NC(=O)c3cccc(OC(C)=O)c3)CC2)cc1. The molecule has 0 radical (unpaired) electrons. The lowest BCUT2D eigenvalue weighted by Gasteiger charge is -2.32. The average molecular weight is 424 g/mol. The van der Waals surface area contributed by atoms with Crippen LogP contribution in [0.25, 0.3) is 0 Å². The van der Waals surface area contributed by atoms with E-state index in [9.17, 15) is 14.4 Å². The number of ether oxygens (including phenoxy) is 2. The first kappa shape index (κ1) is 22.3. The molecule has 7 nitrogen and oxygen atoms in total. The number of nitrogens with zero attached hydrogens (tertiary/aromatic N) is 1. The number of rotatable bonds is 7. The monoisotopic (exact) mass is 424 g/mol. The third-order valence-corrected chi connectivity index (χ3v) is 5.13. The molecule has 1 aliphatic heterocycles. The maximum absolute atomic E-state index is 12.6. The topological polar surface area (TPSA) is 84.9 Å². The number of hydrogen-bond acceptors (Lipinski definition) is 5. The lowest BCUT2D eigenvalue weighted by atomic mass is 10.0. The van der Waals surface area contributed by atoms with Crippen molar-refractivity contribution in [2.45, 2.75) is 39.2 Å². The normalized spacial score (nSPS) is 14.1. The number of carbonyl (C=O) groups is 3. The highest BCUT2D eigenvalue weighted by molar-refractivity contribution is 5.95. The molecule has 164 valence electrons. The van der Waals surface area contributed by atoms with Gasteiger partial charge in [-0.05, 0) is 55.7 Å². The summed E-state index contributed by atoms with van der Waals surface area (Å²) in [6.45, 7) is 5.07. The van der Waals surface area contributed by atoms with Crippen molar-refractivity contribution < 1.29 is 23.9 Å². The minimum Gasteiger partial charge on any atom is -0.494 e. The van der Waals surface area contributed by atoms with Crippen LogP contribution in [0.4, 0.5) is 0 Å². The summed E-state index contributed by atoms with van der Waals surface area (Å²) in [6.07, 6.45) is 1.75. The molecule has 0 spiro atoms. The van der Waals surface area contributed by atoms with Crippen LogP contribution in [0.2, 0.25) is 0 Å². The molecule has 2 amide bonds. The van der Waals surface area contributed by atoms with Gasteiger partial charge in [-0.15, -0.1) is 0 Å². The van der Waals surface area contributed by atoms with Gasteiger partial charge in [0.15, 0.2) is 0 Å². The average Bonchev–Trinajstić information content (AvgIpc) is 2.75. The molecule has 0 aromatic heterocycles. The van der Waals surface area contributed by atoms with Gasteiger partial charge in [-0.3, -0.25) is 14.4 Å². The summed E-state index contributed by atoms with van der Waals surface area (Å²) in [5, 5.41) is 3.01. The molecular formula is C24H28N2O5. The molecule has 1 fully saturated rings. The first-order chi connectivity index (χ1) is 14.9. The molecule has 31 heavy (non-hydrogen) atoms. The van der Waals surface area contributed by atoms with E-state index < -0.39 is 5.97 Å². The van der Waals surface area contributed by atoms with Gasteiger partial charge >= 0.3 is 5.97 Å². The molecule has 0 atom stereocenters. The molecule has 0 unspecified atom stereocenters. The Labute approximate surface area is 182 Å². The maximum atomic E-state index is 12.6. The summed E-state index contributed by atoms with van der Waals surface area (Å²) in [6, 6.07) is 14.1. The van der Waals surface area contributed by atoms with Gasteiger partial charge in [-0.2, -0.15) is 0 Å². The highest BCUT2D eigenvalue weighted by Crippen LogP contribution is 2.17. The summed E-state index contributed by atoms with van der Waals surface area (Å²) in [4.78, 5) is 38.1. The highest BCUT2D eigenvalue weighted by Gasteiger charge is 2.24. The van der Waals surface area contributed by atoms with E-state index >= 15 is 0 Å². The molecule has 3 rings (SSSR count). The number of nitrogens with one attached hydrogen (secondary N) is 1. The van der Waals surface area contributed by atoms with Crippen LogP contribution >= 0.6 is 0 Å². The predicted octanol–water partition coefficient (Wildman–Crippen LogP) is 2.97. The molecule has 0 aliphatic carbocycles. The van der Waals surface area contributed by atoms with Gasteiger partial charge in [0.1, 0.15) is 11.5 Å². The molecule has 2 aromatic carbocycles. The fourth-order valence-corrected chi connectivity index (χ4v) is 3.57. The van der Waals surface area contributed by atoms with Gasteiger partial charge in [0.05, 0.1) is 13.0 Å². The van der Waals surface area contributed by atoms with E-state index in [0.29, 0.717) is 50.3 Å². The third-order valence-electron chi connectivity index (χ3n) is 5.13. The van der Waals surface area contributed by atoms with Gasteiger partial charge in [-0.1, -0.05) is 18.2 Å². The Hall–Kier alpha value is -3.35. The molecular weight excluding hydrogens is 396 g/mol. The van der Waals surface area contributed by atoms with Gasteiger partial charge in [0, 0.05) is 31.6 Å². The molecule has 1 aliphatic rings. The Morgan fingerprint density at radius 3 is 2.39 bits per heavy atom. The van der Waals surface area contributed by atoms with Crippen molar-refractivity contribution in [2.75, 3.05) is 19.7 Å². The van der Waals surface area contributed by atoms with Crippen LogP contribution in [0, 0.1) is 0 Å². The Kier molecular flexibility index (Phi) is 7.65.